The van der Waals surface area contributed by atoms with Gasteiger partial charge in [0.15, 0.2) is 0 Å². The second-order valence-corrected chi connectivity index (χ2v) is 6.31. The smallest absolute Gasteiger partial charge is 0.221 e. The van der Waals surface area contributed by atoms with E-state index in [2.05, 4.69) is 24.5 Å². The minimum atomic E-state index is -0.277. The SMILES string of the molecule is CC(=O)Nc1ccc(F)c(NC2CCCCC2(C)C)c1. The van der Waals surface area contributed by atoms with Crippen molar-refractivity contribution in [3.8, 4) is 0 Å². The molecule has 110 valence electrons. The lowest BCUT2D eigenvalue weighted by Crippen LogP contribution is -2.39. The lowest BCUT2D eigenvalue weighted by atomic mass is 9.73. The van der Waals surface area contributed by atoms with Crippen LogP contribution in [-0.2, 0) is 4.79 Å². The van der Waals surface area contributed by atoms with Gasteiger partial charge in [-0.1, -0.05) is 26.7 Å². The van der Waals surface area contributed by atoms with Crippen molar-refractivity contribution in [1.29, 1.82) is 0 Å². The number of amides is 1. The van der Waals surface area contributed by atoms with Gasteiger partial charge in [0, 0.05) is 18.7 Å². The number of carbonyl (C=O) groups excluding carboxylic acids is 1. The van der Waals surface area contributed by atoms with Crippen LogP contribution in [0.1, 0.15) is 46.5 Å². The van der Waals surface area contributed by atoms with Gasteiger partial charge in [-0.25, -0.2) is 4.39 Å². The average molecular weight is 278 g/mol. The monoisotopic (exact) mass is 278 g/mol. The van der Waals surface area contributed by atoms with Crippen LogP contribution in [0, 0.1) is 11.2 Å². The molecule has 0 heterocycles. The fourth-order valence-corrected chi connectivity index (χ4v) is 2.87. The van der Waals surface area contributed by atoms with Crippen LogP contribution >= 0.6 is 0 Å². The first kappa shape index (κ1) is 14.8. The van der Waals surface area contributed by atoms with Gasteiger partial charge in [-0.3, -0.25) is 4.79 Å². The Morgan fingerprint density at radius 1 is 1.35 bits per heavy atom. The highest BCUT2D eigenvalue weighted by molar-refractivity contribution is 5.89. The number of nitrogens with one attached hydrogen (secondary N) is 2. The van der Waals surface area contributed by atoms with Crippen molar-refractivity contribution in [2.24, 2.45) is 5.41 Å². The fraction of sp³-hybridized carbons (Fsp3) is 0.562. The molecule has 1 fully saturated rings. The molecule has 1 saturated carbocycles. The maximum atomic E-state index is 13.9. The van der Waals surface area contributed by atoms with Crippen LogP contribution in [0.4, 0.5) is 15.8 Å². The lowest BCUT2D eigenvalue weighted by Gasteiger charge is -2.39. The molecule has 2 rings (SSSR count). The first-order valence-corrected chi connectivity index (χ1v) is 7.22. The quantitative estimate of drug-likeness (QED) is 0.871. The van der Waals surface area contributed by atoms with Gasteiger partial charge < -0.3 is 10.6 Å². The van der Waals surface area contributed by atoms with Gasteiger partial charge in [0.1, 0.15) is 5.82 Å². The maximum Gasteiger partial charge on any atom is 0.221 e. The summed E-state index contributed by atoms with van der Waals surface area (Å²) in [4.78, 5) is 11.1. The number of hydrogen-bond donors (Lipinski definition) is 2. The van der Waals surface area contributed by atoms with E-state index in [1.54, 1.807) is 12.1 Å². The highest BCUT2D eigenvalue weighted by Crippen LogP contribution is 2.37. The third-order valence-electron chi connectivity index (χ3n) is 4.12. The molecular weight excluding hydrogens is 255 g/mol. The summed E-state index contributed by atoms with van der Waals surface area (Å²) in [5.74, 6) is -0.430. The van der Waals surface area contributed by atoms with E-state index in [0.29, 0.717) is 11.4 Å². The molecule has 0 aromatic heterocycles. The summed E-state index contributed by atoms with van der Waals surface area (Å²) in [6.45, 7) is 5.89. The Morgan fingerprint density at radius 2 is 2.10 bits per heavy atom. The van der Waals surface area contributed by atoms with Crippen LogP contribution in [0.2, 0.25) is 0 Å². The van der Waals surface area contributed by atoms with Crippen molar-refractivity contribution in [1.82, 2.24) is 0 Å². The molecule has 1 atom stereocenters. The van der Waals surface area contributed by atoms with E-state index in [1.165, 1.54) is 25.8 Å². The van der Waals surface area contributed by atoms with E-state index in [0.717, 1.165) is 12.8 Å². The number of carbonyl (C=O) groups is 1. The normalized spacial score (nSPS) is 21.3. The predicted molar refractivity (Wildman–Crippen MR) is 80.4 cm³/mol. The second kappa shape index (κ2) is 5.81. The van der Waals surface area contributed by atoms with Crippen molar-refractivity contribution in [3.05, 3.63) is 24.0 Å². The molecule has 4 heteroatoms. The maximum absolute atomic E-state index is 13.9. The summed E-state index contributed by atoms with van der Waals surface area (Å²) < 4.78 is 13.9. The molecule has 0 bridgehead atoms. The first-order valence-electron chi connectivity index (χ1n) is 7.22. The predicted octanol–water partition coefficient (Wildman–Crippen LogP) is 4.16. The molecule has 0 saturated heterocycles. The molecule has 20 heavy (non-hydrogen) atoms. The molecule has 1 aromatic carbocycles. The van der Waals surface area contributed by atoms with Gasteiger partial charge >= 0.3 is 0 Å². The Balaban J connectivity index is 2.17. The topological polar surface area (TPSA) is 41.1 Å². The van der Waals surface area contributed by atoms with Gasteiger partial charge in [0.2, 0.25) is 5.91 Å². The summed E-state index contributed by atoms with van der Waals surface area (Å²) in [5, 5.41) is 6.01. The van der Waals surface area contributed by atoms with Crippen LogP contribution < -0.4 is 10.6 Å². The zero-order chi connectivity index (χ0) is 14.8. The zero-order valence-corrected chi connectivity index (χ0v) is 12.4. The fourth-order valence-electron chi connectivity index (χ4n) is 2.87. The Morgan fingerprint density at radius 3 is 2.75 bits per heavy atom. The third kappa shape index (κ3) is 3.50. The standard InChI is InChI=1S/C16H23FN2O/c1-11(20)18-12-7-8-13(17)14(10-12)19-15-6-4-5-9-16(15,2)3/h7-8,10,15,19H,4-6,9H2,1-3H3,(H,18,20). The molecule has 0 aliphatic heterocycles. The number of anilines is 2. The number of benzene rings is 1. The second-order valence-electron chi connectivity index (χ2n) is 6.31. The van der Waals surface area contributed by atoms with Crippen LogP contribution in [0.15, 0.2) is 18.2 Å². The van der Waals surface area contributed by atoms with Crippen LogP contribution in [0.25, 0.3) is 0 Å². The van der Waals surface area contributed by atoms with Crippen molar-refractivity contribution in [2.45, 2.75) is 52.5 Å². The van der Waals surface area contributed by atoms with Crippen molar-refractivity contribution < 1.29 is 9.18 Å². The van der Waals surface area contributed by atoms with E-state index < -0.39 is 0 Å². The Labute approximate surface area is 120 Å². The highest BCUT2D eigenvalue weighted by atomic mass is 19.1. The highest BCUT2D eigenvalue weighted by Gasteiger charge is 2.32. The Kier molecular flexibility index (Phi) is 4.31. The van der Waals surface area contributed by atoms with Crippen LogP contribution in [-0.4, -0.2) is 11.9 Å². The lowest BCUT2D eigenvalue weighted by molar-refractivity contribution is -0.114. The van der Waals surface area contributed by atoms with E-state index in [4.69, 9.17) is 0 Å². The van der Waals surface area contributed by atoms with Gasteiger partial charge in [-0.05, 0) is 36.5 Å². The summed E-state index contributed by atoms with van der Waals surface area (Å²) >= 11 is 0. The largest absolute Gasteiger partial charge is 0.379 e. The van der Waals surface area contributed by atoms with Gasteiger partial charge in [-0.2, -0.15) is 0 Å². The number of halogens is 1. The van der Waals surface area contributed by atoms with Crippen molar-refractivity contribution >= 4 is 17.3 Å². The molecule has 2 N–H and O–H groups in total. The summed E-state index contributed by atoms with van der Waals surface area (Å²) in [6.07, 6.45) is 4.61. The first-order chi connectivity index (χ1) is 9.38. The molecule has 1 aliphatic rings. The molecule has 1 aliphatic carbocycles. The molecule has 1 aromatic rings. The molecular formula is C16H23FN2O. The third-order valence-corrected chi connectivity index (χ3v) is 4.12. The summed E-state index contributed by atoms with van der Waals surface area (Å²) in [7, 11) is 0. The number of hydrogen-bond acceptors (Lipinski definition) is 2. The summed E-state index contributed by atoms with van der Waals surface area (Å²) in [5.41, 5.74) is 1.25. The van der Waals surface area contributed by atoms with Gasteiger partial charge in [0.05, 0.1) is 5.69 Å². The molecule has 0 radical (unpaired) electrons. The van der Waals surface area contributed by atoms with Crippen molar-refractivity contribution in [3.63, 3.8) is 0 Å². The minimum Gasteiger partial charge on any atom is -0.379 e. The Bertz CT molecular complexity index is 499. The van der Waals surface area contributed by atoms with E-state index in [-0.39, 0.29) is 23.2 Å². The van der Waals surface area contributed by atoms with E-state index >= 15 is 0 Å². The molecule has 1 unspecified atom stereocenters. The molecule has 1 amide bonds. The zero-order valence-electron chi connectivity index (χ0n) is 12.4. The van der Waals surface area contributed by atoms with Crippen LogP contribution in [0.3, 0.4) is 0 Å². The van der Waals surface area contributed by atoms with Crippen LogP contribution in [0.5, 0.6) is 0 Å². The number of rotatable bonds is 3. The molecule has 3 nitrogen and oxygen atoms in total. The Hall–Kier alpha value is -1.58. The van der Waals surface area contributed by atoms with E-state index in [1.807, 2.05) is 0 Å². The minimum absolute atomic E-state index is 0.152. The van der Waals surface area contributed by atoms with Gasteiger partial charge in [-0.15, -0.1) is 0 Å². The van der Waals surface area contributed by atoms with Crippen molar-refractivity contribution in [2.75, 3.05) is 10.6 Å². The average Bonchev–Trinajstić information content (AvgIpc) is 2.35. The van der Waals surface area contributed by atoms with Gasteiger partial charge in [0.25, 0.3) is 0 Å². The summed E-state index contributed by atoms with van der Waals surface area (Å²) in [6, 6.07) is 4.90. The van der Waals surface area contributed by atoms with E-state index in [9.17, 15) is 9.18 Å². The molecule has 0 spiro atoms.